The van der Waals surface area contributed by atoms with Crippen LogP contribution in [0, 0.1) is 11.3 Å². The molecule has 0 saturated heterocycles. The van der Waals surface area contributed by atoms with Crippen LogP contribution in [0.1, 0.15) is 18.1 Å². The second-order valence-electron chi connectivity index (χ2n) is 4.80. The van der Waals surface area contributed by atoms with E-state index in [1.54, 1.807) is 49.4 Å². The van der Waals surface area contributed by atoms with Gasteiger partial charge in [0.05, 0.1) is 27.9 Å². The van der Waals surface area contributed by atoms with Crippen molar-refractivity contribution in [3.63, 3.8) is 0 Å². The van der Waals surface area contributed by atoms with Crippen molar-refractivity contribution in [2.75, 3.05) is 0 Å². The van der Waals surface area contributed by atoms with Crippen LogP contribution < -0.4 is 10.2 Å². The highest BCUT2D eigenvalue weighted by molar-refractivity contribution is 6.42. The maximum Gasteiger partial charge on any atom is 0.280 e. The van der Waals surface area contributed by atoms with Gasteiger partial charge in [-0.25, -0.2) is 5.43 Å². The molecule has 1 unspecified atom stereocenters. The highest BCUT2D eigenvalue weighted by Crippen LogP contribution is 2.21. The van der Waals surface area contributed by atoms with Gasteiger partial charge in [-0.05, 0) is 48.9 Å². The first kappa shape index (κ1) is 17.8. The predicted molar refractivity (Wildman–Crippen MR) is 93.4 cm³/mol. The number of hydrazone groups is 1. The lowest BCUT2D eigenvalue weighted by Gasteiger charge is -2.12. The van der Waals surface area contributed by atoms with Gasteiger partial charge in [-0.2, -0.15) is 10.4 Å². The van der Waals surface area contributed by atoms with E-state index in [4.69, 9.17) is 33.2 Å². The number of hydrogen-bond donors (Lipinski definition) is 1. The molecular formula is C17H13Cl2N3O2. The molecule has 0 heterocycles. The molecule has 0 radical (unpaired) electrons. The van der Waals surface area contributed by atoms with E-state index in [2.05, 4.69) is 10.5 Å². The minimum atomic E-state index is -0.746. The zero-order valence-electron chi connectivity index (χ0n) is 12.7. The van der Waals surface area contributed by atoms with Crippen LogP contribution in [0.5, 0.6) is 5.75 Å². The largest absolute Gasteiger partial charge is 0.481 e. The van der Waals surface area contributed by atoms with Crippen LogP contribution in [0.2, 0.25) is 10.0 Å². The lowest BCUT2D eigenvalue weighted by Crippen LogP contribution is -2.33. The Hall–Kier alpha value is -2.55. The summed E-state index contributed by atoms with van der Waals surface area (Å²) in [5.41, 5.74) is 3.60. The molecule has 122 valence electrons. The number of carbonyl (C=O) groups is 1. The Labute approximate surface area is 149 Å². The van der Waals surface area contributed by atoms with E-state index in [-0.39, 0.29) is 0 Å². The van der Waals surface area contributed by atoms with Crippen LogP contribution in [0.3, 0.4) is 0 Å². The number of carbonyl (C=O) groups excluding carboxylic acids is 1. The summed E-state index contributed by atoms with van der Waals surface area (Å²) >= 11 is 11.7. The summed E-state index contributed by atoms with van der Waals surface area (Å²) in [6, 6.07) is 13.5. The third-order valence-electron chi connectivity index (χ3n) is 3.00. The number of rotatable bonds is 5. The summed E-state index contributed by atoms with van der Waals surface area (Å²) in [6.45, 7) is 1.60. The van der Waals surface area contributed by atoms with Gasteiger partial charge in [0.1, 0.15) is 5.75 Å². The van der Waals surface area contributed by atoms with E-state index in [1.807, 2.05) is 6.07 Å². The fourth-order valence-electron chi connectivity index (χ4n) is 1.72. The molecule has 0 aliphatic carbocycles. The van der Waals surface area contributed by atoms with E-state index in [1.165, 1.54) is 6.21 Å². The summed E-state index contributed by atoms with van der Waals surface area (Å²) in [5.74, 6) is 0.0841. The number of halogens is 2. The average molecular weight is 362 g/mol. The molecule has 0 fully saturated rings. The van der Waals surface area contributed by atoms with Crippen molar-refractivity contribution in [2.45, 2.75) is 13.0 Å². The van der Waals surface area contributed by atoms with Crippen molar-refractivity contribution < 1.29 is 9.53 Å². The fraction of sp³-hybridized carbons (Fsp3) is 0.118. The molecule has 24 heavy (non-hydrogen) atoms. The first-order chi connectivity index (χ1) is 11.5. The van der Waals surface area contributed by atoms with Crippen molar-refractivity contribution >= 4 is 35.3 Å². The molecule has 1 amide bonds. The minimum Gasteiger partial charge on any atom is -0.481 e. The quantitative estimate of drug-likeness (QED) is 0.650. The summed E-state index contributed by atoms with van der Waals surface area (Å²) in [7, 11) is 0. The van der Waals surface area contributed by atoms with Gasteiger partial charge >= 0.3 is 0 Å². The van der Waals surface area contributed by atoms with Crippen molar-refractivity contribution in [3.8, 4) is 11.8 Å². The van der Waals surface area contributed by atoms with Gasteiger partial charge in [0, 0.05) is 0 Å². The van der Waals surface area contributed by atoms with Crippen molar-refractivity contribution in [1.29, 1.82) is 5.26 Å². The van der Waals surface area contributed by atoms with Crippen LogP contribution in [0.4, 0.5) is 0 Å². The molecule has 0 aliphatic rings. The maximum atomic E-state index is 11.9. The molecule has 0 aromatic heterocycles. The second-order valence-corrected chi connectivity index (χ2v) is 5.62. The van der Waals surface area contributed by atoms with Crippen LogP contribution in [-0.2, 0) is 4.79 Å². The lowest BCUT2D eigenvalue weighted by atomic mass is 10.2. The van der Waals surface area contributed by atoms with Gasteiger partial charge in [0.15, 0.2) is 6.10 Å². The van der Waals surface area contributed by atoms with Gasteiger partial charge in [0.2, 0.25) is 0 Å². The van der Waals surface area contributed by atoms with Gasteiger partial charge in [-0.15, -0.1) is 0 Å². The SMILES string of the molecule is CC(Oc1ccc(C#N)cc1)C(=O)NN=Cc1ccc(Cl)c(Cl)c1. The van der Waals surface area contributed by atoms with Crippen LogP contribution in [-0.4, -0.2) is 18.2 Å². The summed E-state index contributed by atoms with van der Waals surface area (Å²) in [6.07, 6.45) is 0.707. The Kier molecular flexibility index (Phi) is 6.19. The molecule has 2 aromatic rings. The molecule has 1 atom stereocenters. The lowest BCUT2D eigenvalue weighted by molar-refractivity contribution is -0.127. The standard InChI is InChI=1S/C17H13Cl2N3O2/c1-11(24-14-5-2-12(9-20)3-6-14)17(23)22-21-10-13-4-7-15(18)16(19)8-13/h2-8,10-11H,1H3,(H,22,23). The minimum absolute atomic E-state index is 0.407. The monoisotopic (exact) mass is 361 g/mol. The summed E-state index contributed by atoms with van der Waals surface area (Å²) in [4.78, 5) is 11.9. The van der Waals surface area contributed by atoms with Gasteiger partial charge < -0.3 is 4.74 Å². The van der Waals surface area contributed by atoms with Crippen LogP contribution in [0.25, 0.3) is 0 Å². The Balaban J connectivity index is 1.89. The number of nitriles is 1. The van der Waals surface area contributed by atoms with E-state index in [0.29, 0.717) is 26.9 Å². The molecule has 0 aliphatic heterocycles. The number of ether oxygens (including phenoxy) is 1. The first-order valence-electron chi connectivity index (χ1n) is 6.94. The summed E-state index contributed by atoms with van der Waals surface area (Å²) < 4.78 is 5.48. The normalized spacial score (nSPS) is 11.8. The smallest absolute Gasteiger partial charge is 0.280 e. The third-order valence-corrected chi connectivity index (χ3v) is 3.74. The molecular weight excluding hydrogens is 349 g/mol. The Morgan fingerprint density at radius 3 is 2.58 bits per heavy atom. The topological polar surface area (TPSA) is 74.5 Å². The molecule has 1 N–H and O–H groups in total. The van der Waals surface area contributed by atoms with E-state index < -0.39 is 12.0 Å². The Morgan fingerprint density at radius 1 is 1.25 bits per heavy atom. The predicted octanol–water partition coefficient (Wildman–Crippen LogP) is 3.78. The zero-order valence-corrected chi connectivity index (χ0v) is 14.2. The molecule has 5 nitrogen and oxygen atoms in total. The maximum absolute atomic E-state index is 11.9. The molecule has 0 saturated carbocycles. The van der Waals surface area contributed by atoms with Crippen molar-refractivity contribution in [1.82, 2.24) is 5.43 Å². The van der Waals surface area contributed by atoms with Crippen molar-refractivity contribution in [3.05, 3.63) is 63.6 Å². The third kappa shape index (κ3) is 4.98. The molecule has 7 heteroatoms. The molecule has 2 rings (SSSR count). The van der Waals surface area contributed by atoms with Gasteiger partial charge in [-0.3, -0.25) is 4.79 Å². The number of nitrogens with zero attached hydrogens (tertiary/aromatic N) is 2. The molecule has 2 aromatic carbocycles. The second kappa shape index (κ2) is 8.34. The highest BCUT2D eigenvalue weighted by atomic mass is 35.5. The average Bonchev–Trinajstić information content (AvgIpc) is 2.58. The zero-order chi connectivity index (χ0) is 17.5. The number of hydrogen-bond acceptors (Lipinski definition) is 4. The molecule has 0 bridgehead atoms. The number of amides is 1. The Morgan fingerprint density at radius 2 is 1.96 bits per heavy atom. The van der Waals surface area contributed by atoms with Gasteiger partial charge in [0.25, 0.3) is 5.91 Å². The van der Waals surface area contributed by atoms with Crippen molar-refractivity contribution in [2.24, 2.45) is 5.10 Å². The fourth-order valence-corrected chi connectivity index (χ4v) is 2.03. The Bertz CT molecular complexity index is 798. The first-order valence-corrected chi connectivity index (χ1v) is 7.70. The molecule has 0 spiro atoms. The number of benzene rings is 2. The van der Waals surface area contributed by atoms with Crippen LogP contribution >= 0.6 is 23.2 Å². The van der Waals surface area contributed by atoms with Crippen LogP contribution in [0.15, 0.2) is 47.6 Å². The van der Waals surface area contributed by atoms with E-state index >= 15 is 0 Å². The highest BCUT2D eigenvalue weighted by Gasteiger charge is 2.13. The van der Waals surface area contributed by atoms with E-state index in [9.17, 15) is 4.79 Å². The number of nitrogens with one attached hydrogen (secondary N) is 1. The van der Waals surface area contributed by atoms with E-state index in [0.717, 1.165) is 0 Å². The van der Waals surface area contributed by atoms with Gasteiger partial charge in [-0.1, -0.05) is 29.3 Å². The summed E-state index contributed by atoms with van der Waals surface area (Å²) in [5, 5.41) is 13.4.